The fraction of sp³-hybridized carbons (Fsp3) is 0.727. The molecule has 2 nitrogen and oxygen atoms in total. The normalized spacial score (nSPS) is 18.7. The lowest BCUT2D eigenvalue weighted by atomic mass is 9.94. The van der Waals surface area contributed by atoms with Crippen molar-refractivity contribution in [3.05, 3.63) is 12.4 Å². The highest BCUT2D eigenvalue weighted by Crippen LogP contribution is 2.22. The van der Waals surface area contributed by atoms with Gasteiger partial charge in [-0.3, -0.25) is 4.79 Å². The number of hydrogen-bond donors (Lipinski definition) is 0. The number of carbonyl (C=O) groups is 1. The summed E-state index contributed by atoms with van der Waals surface area (Å²) in [5.74, 6) is -0.193. The molecule has 0 atom stereocenters. The first-order chi connectivity index (χ1) is 6.79. The summed E-state index contributed by atoms with van der Waals surface area (Å²) >= 11 is 0. The molecular formula is C11H18FNO. The molecule has 0 saturated heterocycles. The quantitative estimate of drug-likeness (QED) is 0.640. The highest BCUT2D eigenvalue weighted by atomic mass is 19.1. The molecule has 1 saturated carbocycles. The van der Waals surface area contributed by atoms with Crippen LogP contribution in [0.5, 0.6) is 0 Å². The van der Waals surface area contributed by atoms with E-state index in [0.29, 0.717) is 18.9 Å². The van der Waals surface area contributed by atoms with Gasteiger partial charge in [0.2, 0.25) is 5.91 Å². The molecule has 80 valence electrons. The summed E-state index contributed by atoms with van der Waals surface area (Å²) in [4.78, 5) is 13.2. The molecule has 1 fully saturated rings. The van der Waals surface area contributed by atoms with Gasteiger partial charge in [-0.2, -0.15) is 0 Å². The van der Waals surface area contributed by atoms with E-state index < -0.39 is 0 Å². The standard InChI is InChI=1S/C11H18FNO/c1-2-13(11(14)8-9-12)10-6-4-3-5-7-10/h8-10H,2-7H2,1H3. The smallest absolute Gasteiger partial charge is 0.249 e. The van der Waals surface area contributed by atoms with E-state index in [1.54, 1.807) is 4.90 Å². The van der Waals surface area contributed by atoms with Crippen LogP contribution in [0.3, 0.4) is 0 Å². The number of halogens is 1. The second-order valence-corrected chi connectivity index (χ2v) is 3.71. The number of amides is 1. The minimum atomic E-state index is -0.193. The Labute approximate surface area is 84.8 Å². The molecule has 0 N–H and O–H groups in total. The van der Waals surface area contributed by atoms with E-state index in [1.807, 2.05) is 6.92 Å². The minimum Gasteiger partial charge on any atom is -0.336 e. The predicted molar refractivity (Wildman–Crippen MR) is 54.5 cm³/mol. The van der Waals surface area contributed by atoms with Crippen LogP contribution in [0.2, 0.25) is 0 Å². The number of likely N-dealkylation sites (N-methyl/N-ethyl adjacent to an activating group) is 1. The van der Waals surface area contributed by atoms with Crippen molar-refractivity contribution in [1.82, 2.24) is 4.90 Å². The summed E-state index contributed by atoms with van der Waals surface area (Å²) in [5, 5.41) is 0. The number of nitrogens with zero attached hydrogens (tertiary/aromatic N) is 1. The second-order valence-electron chi connectivity index (χ2n) is 3.71. The van der Waals surface area contributed by atoms with Crippen LogP contribution >= 0.6 is 0 Å². The minimum absolute atomic E-state index is 0.193. The molecule has 0 unspecified atom stereocenters. The van der Waals surface area contributed by atoms with Gasteiger partial charge in [0.1, 0.15) is 0 Å². The van der Waals surface area contributed by atoms with Crippen LogP contribution in [0.1, 0.15) is 39.0 Å². The molecular weight excluding hydrogens is 181 g/mol. The lowest BCUT2D eigenvalue weighted by molar-refractivity contribution is -0.128. The molecule has 0 bridgehead atoms. The topological polar surface area (TPSA) is 20.3 Å². The third-order valence-electron chi connectivity index (χ3n) is 2.84. The molecule has 3 heteroatoms. The molecule has 0 aliphatic heterocycles. The van der Waals surface area contributed by atoms with Gasteiger partial charge in [0.25, 0.3) is 0 Å². The molecule has 1 aliphatic rings. The van der Waals surface area contributed by atoms with Crippen LogP contribution in [0.4, 0.5) is 4.39 Å². The van der Waals surface area contributed by atoms with Gasteiger partial charge in [-0.05, 0) is 19.8 Å². The van der Waals surface area contributed by atoms with Crippen molar-refractivity contribution in [1.29, 1.82) is 0 Å². The van der Waals surface area contributed by atoms with Crippen molar-refractivity contribution < 1.29 is 9.18 Å². The molecule has 0 radical (unpaired) electrons. The number of hydrogen-bond acceptors (Lipinski definition) is 1. The average Bonchev–Trinajstić information content (AvgIpc) is 2.21. The maximum Gasteiger partial charge on any atom is 0.249 e. The van der Waals surface area contributed by atoms with Crippen LogP contribution < -0.4 is 0 Å². The number of carbonyl (C=O) groups excluding carboxylic acids is 1. The van der Waals surface area contributed by atoms with Crippen LogP contribution in [-0.2, 0) is 4.79 Å². The molecule has 1 rings (SSSR count). The molecule has 0 aromatic carbocycles. The van der Waals surface area contributed by atoms with Crippen molar-refractivity contribution in [3.8, 4) is 0 Å². The SMILES string of the molecule is CCN(C(=O)C=CF)C1CCCCC1. The van der Waals surface area contributed by atoms with Crippen LogP contribution in [-0.4, -0.2) is 23.4 Å². The van der Waals surface area contributed by atoms with E-state index in [1.165, 1.54) is 19.3 Å². The van der Waals surface area contributed by atoms with Crippen LogP contribution in [0.15, 0.2) is 12.4 Å². The summed E-state index contributed by atoms with van der Waals surface area (Å²) in [5.41, 5.74) is 0. The number of rotatable bonds is 3. The zero-order chi connectivity index (χ0) is 10.4. The van der Waals surface area contributed by atoms with E-state index in [4.69, 9.17) is 0 Å². The Hall–Kier alpha value is -0.860. The van der Waals surface area contributed by atoms with Crippen molar-refractivity contribution in [2.45, 2.75) is 45.1 Å². The maximum atomic E-state index is 11.9. The summed E-state index contributed by atoms with van der Waals surface area (Å²) in [7, 11) is 0. The largest absolute Gasteiger partial charge is 0.336 e. The van der Waals surface area contributed by atoms with E-state index in [-0.39, 0.29) is 5.91 Å². The van der Waals surface area contributed by atoms with Gasteiger partial charge in [0.15, 0.2) is 0 Å². The van der Waals surface area contributed by atoms with Crippen molar-refractivity contribution in [2.24, 2.45) is 0 Å². The molecule has 1 amide bonds. The fourth-order valence-corrected chi connectivity index (χ4v) is 2.14. The predicted octanol–water partition coefficient (Wildman–Crippen LogP) is 2.65. The van der Waals surface area contributed by atoms with Gasteiger partial charge in [0.05, 0.1) is 6.33 Å². The van der Waals surface area contributed by atoms with Gasteiger partial charge in [-0.1, -0.05) is 19.3 Å². The zero-order valence-corrected chi connectivity index (χ0v) is 8.71. The highest BCUT2D eigenvalue weighted by Gasteiger charge is 2.22. The Morgan fingerprint density at radius 2 is 2.07 bits per heavy atom. The van der Waals surface area contributed by atoms with E-state index >= 15 is 0 Å². The summed E-state index contributed by atoms with van der Waals surface area (Å²) in [6.45, 7) is 2.62. The average molecular weight is 199 g/mol. The summed E-state index contributed by atoms with van der Waals surface area (Å²) < 4.78 is 11.9. The Morgan fingerprint density at radius 3 is 2.57 bits per heavy atom. The molecule has 0 aromatic heterocycles. The van der Waals surface area contributed by atoms with E-state index in [0.717, 1.165) is 18.9 Å². The Morgan fingerprint density at radius 1 is 1.43 bits per heavy atom. The maximum absolute atomic E-state index is 11.9. The highest BCUT2D eigenvalue weighted by molar-refractivity contribution is 5.87. The van der Waals surface area contributed by atoms with Gasteiger partial charge < -0.3 is 4.90 Å². The van der Waals surface area contributed by atoms with Crippen molar-refractivity contribution >= 4 is 5.91 Å². The van der Waals surface area contributed by atoms with Crippen LogP contribution in [0.25, 0.3) is 0 Å². The van der Waals surface area contributed by atoms with Gasteiger partial charge in [0, 0.05) is 18.7 Å². The monoisotopic (exact) mass is 199 g/mol. The third-order valence-corrected chi connectivity index (χ3v) is 2.84. The summed E-state index contributed by atoms with van der Waals surface area (Å²) in [6, 6.07) is 0.331. The first kappa shape index (κ1) is 11.2. The molecule has 0 spiro atoms. The van der Waals surface area contributed by atoms with E-state index in [2.05, 4.69) is 0 Å². The van der Waals surface area contributed by atoms with Crippen LogP contribution in [0, 0.1) is 0 Å². The Balaban J connectivity index is 2.55. The lowest BCUT2D eigenvalue weighted by Gasteiger charge is -2.32. The van der Waals surface area contributed by atoms with Gasteiger partial charge in [-0.25, -0.2) is 4.39 Å². The first-order valence-electron chi connectivity index (χ1n) is 5.37. The molecule has 1 aliphatic carbocycles. The molecule has 0 aromatic rings. The van der Waals surface area contributed by atoms with Crippen molar-refractivity contribution in [3.63, 3.8) is 0 Å². The zero-order valence-electron chi connectivity index (χ0n) is 8.71. The second kappa shape index (κ2) is 5.78. The first-order valence-corrected chi connectivity index (χ1v) is 5.37. The molecule has 14 heavy (non-hydrogen) atoms. The Bertz CT molecular complexity index is 209. The van der Waals surface area contributed by atoms with Gasteiger partial charge in [-0.15, -0.1) is 0 Å². The summed E-state index contributed by atoms with van der Waals surface area (Å²) in [6.07, 6.45) is 7.12. The third kappa shape index (κ3) is 2.82. The van der Waals surface area contributed by atoms with Crippen molar-refractivity contribution in [2.75, 3.05) is 6.54 Å². The lowest BCUT2D eigenvalue weighted by Crippen LogP contribution is -2.40. The Kier molecular flexibility index (Phi) is 4.63. The fourth-order valence-electron chi connectivity index (χ4n) is 2.14. The molecule has 0 heterocycles. The van der Waals surface area contributed by atoms with E-state index in [9.17, 15) is 9.18 Å². The van der Waals surface area contributed by atoms with Gasteiger partial charge >= 0.3 is 0 Å².